The number of nitrogens with one attached hydrogen (secondary N) is 1. The number of nitrogens with zero attached hydrogens (tertiary/aromatic N) is 5. The normalized spacial score (nSPS) is 12.4. The third kappa shape index (κ3) is 3.78. The highest BCUT2D eigenvalue weighted by molar-refractivity contribution is 7.14. The van der Waals surface area contributed by atoms with Crippen molar-refractivity contribution in [2.24, 2.45) is 14.1 Å². The first kappa shape index (κ1) is 20.9. The van der Waals surface area contributed by atoms with Crippen LogP contribution in [0, 0.1) is 0 Å². The molecule has 33 heavy (non-hydrogen) atoms. The van der Waals surface area contributed by atoms with Gasteiger partial charge in [0.1, 0.15) is 0 Å². The van der Waals surface area contributed by atoms with Crippen molar-refractivity contribution in [3.8, 4) is 22.8 Å². The molecule has 0 unspecified atom stereocenters. The molecule has 0 saturated heterocycles. The van der Waals surface area contributed by atoms with Gasteiger partial charge in [-0.3, -0.25) is 18.7 Å². The van der Waals surface area contributed by atoms with Crippen LogP contribution in [0.3, 0.4) is 0 Å². The van der Waals surface area contributed by atoms with Crippen LogP contribution in [0.1, 0.15) is 12.8 Å². The first-order chi connectivity index (χ1) is 15.9. The van der Waals surface area contributed by atoms with Gasteiger partial charge in [-0.2, -0.15) is 0 Å². The van der Waals surface area contributed by atoms with Gasteiger partial charge in [0.15, 0.2) is 27.8 Å². The Morgan fingerprint density at radius 1 is 1.18 bits per heavy atom. The molecule has 1 N–H and O–H groups in total. The summed E-state index contributed by atoms with van der Waals surface area (Å²) in [7, 11) is 3.00. The summed E-state index contributed by atoms with van der Waals surface area (Å²) >= 11 is 1.34. The van der Waals surface area contributed by atoms with Crippen LogP contribution in [0.25, 0.3) is 22.4 Å². The van der Waals surface area contributed by atoms with Gasteiger partial charge in [0.2, 0.25) is 12.7 Å². The van der Waals surface area contributed by atoms with E-state index in [-0.39, 0.29) is 19.1 Å². The number of carbonyl (C=O) groups excluding carboxylic acids is 1. The van der Waals surface area contributed by atoms with E-state index in [4.69, 9.17) is 9.47 Å². The molecule has 0 bridgehead atoms. The minimum Gasteiger partial charge on any atom is -0.454 e. The molecule has 3 aromatic heterocycles. The molecule has 0 fully saturated rings. The summed E-state index contributed by atoms with van der Waals surface area (Å²) < 4.78 is 14.8. The summed E-state index contributed by atoms with van der Waals surface area (Å²) in [5.74, 6) is 1.20. The number of hydrogen-bond donors (Lipinski definition) is 1. The lowest BCUT2D eigenvalue weighted by molar-refractivity contribution is -0.116. The molecule has 1 aromatic carbocycles. The molecule has 1 aliphatic rings. The largest absolute Gasteiger partial charge is 0.454 e. The van der Waals surface area contributed by atoms with E-state index in [1.165, 1.54) is 29.3 Å². The Morgan fingerprint density at radius 2 is 2.00 bits per heavy atom. The summed E-state index contributed by atoms with van der Waals surface area (Å²) in [5, 5.41) is 5.19. The highest BCUT2D eigenvalue weighted by atomic mass is 32.1. The lowest BCUT2D eigenvalue weighted by Crippen LogP contribution is -2.37. The summed E-state index contributed by atoms with van der Waals surface area (Å²) in [5.41, 5.74) is 1.44. The average molecular weight is 468 g/mol. The van der Waals surface area contributed by atoms with Crippen molar-refractivity contribution in [1.29, 1.82) is 0 Å². The molecule has 11 nitrogen and oxygen atoms in total. The number of carbonyl (C=O) groups is 1. The van der Waals surface area contributed by atoms with E-state index in [9.17, 15) is 14.4 Å². The summed E-state index contributed by atoms with van der Waals surface area (Å²) in [6, 6.07) is 5.59. The predicted octanol–water partition coefficient (Wildman–Crippen LogP) is 1.70. The lowest BCUT2D eigenvalue weighted by atomic mass is 10.1. The number of amides is 1. The zero-order valence-electron chi connectivity index (χ0n) is 17.9. The van der Waals surface area contributed by atoms with Crippen molar-refractivity contribution >= 4 is 33.5 Å². The van der Waals surface area contributed by atoms with Crippen LogP contribution in [-0.2, 0) is 25.4 Å². The van der Waals surface area contributed by atoms with Gasteiger partial charge in [0.25, 0.3) is 5.56 Å². The molecule has 0 spiro atoms. The Labute approximate surface area is 190 Å². The molecule has 0 saturated carbocycles. The fraction of sp³-hybridized carbons (Fsp3) is 0.286. The van der Waals surface area contributed by atoms with Crippen LogP contribution in [0.4, 0.5) is 5.13 Å². The van der Waals surface area contributed by atoms with E-state index in [2.05, 4.69) is 15.3 Å². The predicted molar refractivity (Wildman–Crippen MR) is 122 cm³/mol. The maximum Gasteiger partial charge on any atom is 0.332 e. The van der Waals surface area contributed by atoms with Gasteiger partial charge < -0.3 is 19.4 Å². The maximum atomic E-state index is 12.5. The van der Waals surface area contributed by atoms with Gasteiger partial charge in [-0.25, -0.2) is 14.8 Å². The van der Waals surface area contributed by atoms with Gasteiger partial charge >= 0.3 is 5.69 Å². The molecule has 1 aliphatic heterocycles. The number of anilines is 1. The second-order valence-electron chi connectivity index (χ2n) is 7.57. The smallest absolute Gasteiger partial charge is 0.332 e. The Morgan fingerprint density at radius 3 is 2.85 bits per heavy atom. The number of ether oxygens (including phenoxy) is 2. The number of rotatable bonds is 6. The third-order valence-corrected chi connectivity index (χ3v) is 6.20. The molecular weight excluding hydrogens is 448 g/mol. The number of aromatic nitrogens is 5. The third-order valence-electron chi connectivity index (χ3n) is 5.44. The van der Waals surface area contributed by atoms with E-state index in [1.54, 1.807) is 11.6 Å². The number of aryl methyl sites for hydroxylation is 2. The van der Waals surface area contributed by atoms with Gasteiger partial charge in [-0.05, 0) is 24.6 Å². The molecule has 4 heterocycles. The Hall–Kier alpha value is -3.93. The molecule has 0 aliphatic carbocycles. The topological polar surface area (TPSA) is 122 Å². The molecular formula is C21H20N6O5S. The SMILES string of the molecule is Cn1c(=O)c2c(ncn2CCCC(=O)Nc2nc(-c3ccc4c(c3)OCO4)cs2)n(C)c1=O. The zero-order chi connectivity index (χ0) is 23.1. The Bertz CT molecular complexity index is 1500. The second-order valence-corrected chi connectivity index (χ2v) is 8.43. The quantitative estimate of drug-likeness (QED) is 0.457. The number of imidazole rings is 1. The number of benzene rings is 1. The molecule has 5 rings (SSSR count). The van der Waals surface area contributed by atoms with Crippen LogP contribution in [0.15, 0.2) is 39.5 Å². The lowest BCUT2D eigenvalue weighted by Gasteiger charge is -2.06. The Kier molecular flexibility index (Phi) is 5.21. The van der Waals surface area contributed by atoms with Crippen molar-refractivity contribution in [2.45, 2.75) is 19.4 Å². The monoisotopic (exact) mass is 468 g/mol. The van der Waals surface area contributed by atoms with E-state index in [1.807, 2.05) is 23.6 Å². The zero-order valence-corrected chi connectivity index (χ0v) is 18.7. The van der Waals surface area contributed by atoms with Crippen LogP contribution >= 0.6 is 11.3 Å². The maximum absolute atomic E-state index is 12.5. The van der Waals surface area contributed by atoms with Gasteiger partial charge in [0, 0.05) is 38.0 Å². The van der Waals surface area contributed by atoms with Crippen molar-refractivity contribution in [3.05, 3.63) is 50.7 Å². The van der Waals surface area contributed by atoms with Gasteiger partial charge in [0.05, 0.1) is 12.0 Å². The fourth-order valence-electron chi connectivity index (χ4n) is 3.68. The van der Waals surface area contributed by atoms with E-state index >= 15 is 0 Å². The molecule has 170 valence electrons. The number of thiazole rings is 1. The van der Waals surface area contributed by atoms with E-state index in [0.717, 1.165) is 15.8 Å². The minimum atomic E-state index is -0.430. The first-order valence-electron chi connectivity index (χ1n) is 10.2. The average Bonchev–Trinajstić information content (AvgIpc) is 3.55. The van der Waals surface area contributed by atoms with Crippen LogP contribution in [-0.4, -0.2) is 36.4 Å². The highest BCUT2D eigenvalue weighted by Crippen LogP contribution is 2.36. The van der Waals surface area contributed by atoms with Crippen LogP contribution < -0.4 is 26.0 Å². The molecule has 0 atom stereocenters. The van der Waals surface area contributed by atoms with Crippen LogP contribution in [0.2, 0.25) is 0 Å². The van der Waals surface area contributed by atoms with Crippen LogP contribution in [0.5, 0.6) is 11.5 Å². The highest BCUT2D eigenvalue weighted by Gasteiger charge is 2.16. The van der Waals surface area contributed by atoms with Crippen molar-refractivity contribution < 1.29 is 14.3 Å². The van der Waals surface area contributed by atoms with Crippen molar-refractivity contribution in [3.63, 3.8) is 0 Å². The van der Waals surface area contributed by atoms with Gasteiger partial charge in [-0.1, -0.05) is 0 Å². The summed E-state index contributed by atoms with van der Waals surface area (Å²) in [6.07, 6.45) is 2.25. The Balaban J connectivity index is 1.22. The minimum absolute atomic E-state index is 0.175. The molecule has 4 aromatic rings. The van der Waals surface area contributed by atoms with Gasteiger partial charge in [-0.15, -0.1) is 11.3 Å². The van der Waals surface area contributed by atoms with E-state index in [0.29, 0.717) is 40.8 Å². The second kappa shape index (κ2) is 8.20. The summed E-state index contributed by atoms with van der Waals surface area (Å²) in [6.45, 7) is 0.621. The molecule has 0 radical (unpaired) electrons. The summed E-state index contributed by atoms with van der Waals surface area (Å²) in [4.78, 5) is 45.6. The molecule has 12 heteroatoms. The van der Waals surface area contributed by atoms with Crippen molar-refractivity contribution in [1.82, 2.24) is 23.7 Å². The number of fused-ring (bicyclic) bond motifs is 2. The van der Waals surface area contributed by atoms with E-state index < -0.39 is 11.2 Å². The van der Waals surface area contributed by atoms with Crippen molar-refractivity contribution in [2.75, 3.05) is 12.1 Å². The molecule has 1 amide bonds. The standard InChI is InChI=1S/C21H20N6O5S/c1-25-18-17(19(29)26(2)21(25)30)27(10-22-18)7-3-4-16(28)24-20-23-13(9-33-20)12-5-6-14-15(8-12)32-11-31-14/h5-6,8-10H,3-4,7,11H2,1-2H3,(H,23,24,28). The fourth-order valence-corrected chi connectivity index (χ4v) is 4.41. The first-order valence-corrected chi connectivity index (χ1v) is 11.1. The number of hydrogen-bond acceptors (Lipinski definition) is 8.